The number of ketones is 2. The van der Waals surface area contributed by atoms with E-state index >= 15 is 0 Å². The Labute approximate surface area is 211 Å². The summed E-state index contributed by atoms with van der Waals surface area (Å²) in [4.78, 5) is 38.9. The number of methoxy groups -OCH3 is 3. The molecule has 0 saturated carbocycles. The Morgan fingerprint density at radius 2 is 1.69 bits per heavy atom. The van der Waals surface area contributed by atoms with E-state index in [9.17, 15) is 14.4 Å². The third kappa shape index (κ3) is 3.83. The molecule has 1 aliphatic carbocycles. The van der Waals surface area contributed by atoms with E-state index in [1.54, 1.807) is 38.3 Å². The molecule has 35 heavy (non-hydrogen) atoms. The minimum absolute atomic E-state index is 0.0258. The van der Waals surface area contributed by atoms with Gasteiger partial charge in [0, 0.05) is 12.2 Å². The van der Waals surface area contributed by atoms with E-state index in [4.69, 9.17) is 46.9 Å². The highest BCUT2D eigenvalue weighted by Gasteiger charge is 2.61. The number of hydrogen-bond acceptors (Lipinski definition) is 8. The van der Waals surface area contributed by atoms with Gasteiger partial charge in [-0.25, -0.2) is 4.79 Å². The molecule has 2 aromatic rings. The summed E-state index contributed by atoms with van der Waals surface area (Å²) < 4.78 is 27.4. The number of benzene rings is 2. The van der Waals surface area contributed by atoms with Crippen molar-refractivity contribution < 1.29 is 38.1 Å². The molecule has 0 aromatic heterocycles. The Balaban J connectivity index is 1.85. The molecule has 4 rings (SSSR count). The van der Waals surface area contributed by atoms with Crippen LogP contribution in [0.5, 0.6) is 17.2 Å². The zero-order chi connectivity index (χ0) is 25.5. The number of halogens is 2. The van der Waals surface area contributed by atoms with E-state index in [1.807, 2.05) is 0 Å². The molecule has 0 saturated heterocycles. The van der Waals surface area contributed by atoms with E-state index in [1.165, 1.54) is 7.11 Å². The van der Waals surface area contributed by atoms with Crippen molar-refractivity contribution in [2.45, 2.75) is 19.1 Å². The van der Waals surface area contributed by atoms with E-state index < -0.39 is 23.1 Å². The maximum atomic E-state index is 14.0. The Kier molecular flexibility index (Phi) is 6.53. The monoisotopic (exact) mass is 518 g/mol. The lowest BCUT2D eigenvalue weighted by molar-refractivity contribution is -0.138. The van der Waals surface area contributed by atoms with Gasteiger partial charge in [0.25, 0.3) is 5.60 Å². The largest absolute Gasteiger partial charge is 0.497 e. The van der Waals surface area contributed by atoms with Crippen molar-refractivity contribution in [2.24, 2.45) is 0 Å². The fraction of sp³-hybridized carbons (Fsp3) is 0.240. The molecule has 1 heterocycles. The van der Waals surface area contributed by atoms with Crippen LogP contribution in [0.25, 0.3) is 0 Å². The third-order valence-electron chi connectivity index (χ3n) is 5.77. The minimum atomic E-state index is -2.13. The Bertz CT molecular complexity index is 1310. The summed E-state index contributed by atoms with van der Waals surface area (Å²) in [6.07, 6.45) is 2.04. The molecular weight excluding hydrogens is 499 g/mol. The van der Waals surface area contributed by atoms with Crippen LogP contribution in [-0.4, -0.2) is 44.5 Å². The lowest BCUT2D eigenvalue weighted by Gasteiger charge is -2.31. The highest BCUT2D eigenvalue weighted by atomic mass is 35.5. The predicted octanol–water partition coefficient (Wildman–Crippen LogP) is 4.42. The van der Waals surface area contributed by atoms with Gasteiger partial charge in [0.1, 0.15) is 23.5 Å². The number of hydrogen-bond donors (Lipinski definition) is 0. The van der Waals surface area contributed by atoms with Crippen LogP contribution < -0.4 is 14.2 Å². The molecule has 0 amide bonds. The topological polar surface area (TPSA) is 97.4 Å². The number of rotatable bonds is 6. The Hall–Kier alpha value is -3.49. The van der Waals surface area contributed by atoms with Crippen molar-refractivity contribution in [2.75, 3.05) is 21.3 Å². The smallest absolute Gasteiger partial charge is 0.338 e. The molecule has 0 N–H and O–H groups in total. The van der Waals surface area contributed by atoms with Crippen molar-refractivity contribution in [3.05, 3.63) is 74.5 Å². The molecule has 2 aliphatic rings. The first-order chi connectivity index (χ1) is 16.7. The zero-order valence-corrected chi connectivity index (χ0v) is 20.7. The van der Waals surface area contributed by atoms with Crippen LogP contribution in [0.4, 0.5) is 0 Å². The average molecular weight is 519 g/mol. The van der Waals surface area contributed by atoms with Gasteiger partial charge in [-0.05, 0) is 30.2 Å². The molecule has 0 fully saturated rings. The van der Waals surface area contributed by atoms with Gasteiger partial charge in [-0.3, -0.25) is 9.59 Å². The van der Waals surface area contributed by atoms with E-state index in [-0.39, 0.29) is 45.0 Å². The van der Waals surface area contributed by atoms with Gasteiger partial charge in [0.05, 0.1) is 31.4 Å². The predicted molar refractivity (Wildman–Crippen MR) is 126 cm³/mol. The van der Waals surface area contributed by atoms with Gasteiger partial charge in [-0.1, -0.05) is 35.3 Å². The second-order valence-corrected chi connectivity index (χ2v) is 8.46. The van der Waals surface area contributed by atoms with Crippen LogP contribution in [0.1, 0.15) is 21.5 Å². The fourth-order valence-electron chi connectivity index (χ4n) is 3.95. The third-order valence-corrected chi connectivity index (χ3v) is 6.68. The molecule has 0 radical (unpaired) electrons. The van der Waals surface area contributed by atoms with Crippen molar-refractivity contribution in [3.63, 3.8) is 0 Å². The number of carbonyl (C=O) groups is 3. The van der Waals surface area contributed by atoms with Gasteiger partial charge in [0.2, 0.25) is 5.78 Å². The molecular formula is C25H20Cl2O8. The molecule has 0 bridgehead atoms. The van der Waals surface area contributed by atoms with Gasteiger partial charge >= 0.3 is 5.97 Å². The molecule has 1 aliphatic heterocycles. The number of allylic oxidation sites excluding steroid dienone is 2. The quantitative estimate of drug-likeness (QED) is 0.518. The zero-order valence-electron chi connectivity index (χ0n) is 19.2. The summed E-state index contributed by atoms with van der Waals surface area (Å²) in [7, 11) is 3.93. The summed E-state index contributed by atoms with van der Waals surface area (Å²) >= 11 is 13.1. The van der Waals surface area contributed by atoms with Crippen molar-refractivity contribution in [1.29, 1.82) is 0 Å². The normalized spacial score (nSPS) is 18.5. The van der Waals surface area contributed by atoms with Crippen LogP contribution >= 0.6 is 23.2 Å². The van der Waals surface area contributed by atoms with Crippen molar-refractivity contribution in [1.82, 2.24) is 0 Å². The fourth-order valence-corrected chi connectivity index (χ4v) is 4.47. The first-order valence-electron chi connectivity index (χ1n) is 10.3. The number of esters is 1. The second kappa shape index (κ2) is 9.28. The highest BCUT2D eigenvalue weighted by Crippen LogP contribution is 2.54. The first-order valence-corrected chi connectivity index (χ1v) is 11.1. The van der Waals surface area contributed by atoms with E-state index in [0.717, 1.165) is 24.8 Å². The summed E-state index contributed by atoms with van der Waals surface area (Å²) in [5.41, 5.74) is -1.38. The second-order valence-electron chi connectivity index (χ2n) is 7.70. The standard InChI is InChI=1S/C25H20Cl2O8/c1-12-19(26)21(34-11-13-5-7-15(31-2)8-6-13)18-22(20(12)27)35-25(23(18)29)16(24(30)33-4)9-14(28)10-17(25)32-3/h5-10H,11H2,1-4H3. The minimum Gasteiger partial charge on any atom is -0.497 e. The molecule has 182 valence electrons. The molecule has 8 nitrogen and oxygen atoms in total. The van der Waals surface area contributed by atoms with Crippen LogP contribution in [0, 0.1) is 6.92 Å². The molecule has 1 unspecified atom stereocenters. The lowest BCUT2D eigenvalue weighted by Crippen LogP contribution is -2.49. The number of Topliss-reactive ketones (excluding diaryl/α,β-unsaturated/α-hetero) is 1. The average Bonchev–Trinajstić information content (AvgIpc) is 3.17. The molecule has 1 spiro atoms. The van der Waals surface area contributed by atoms with Crippen LogP contribution in [0.3, 0.4) is 0 Å². The Morgan fingerprint density at radius 3 is 2.29 bits per heavy atom. The summed E-state index contributed by atoms with van der Waals surface area (Å²) in [6, 6.07) is 7.13. The summed E-state index contributed by atoms with van der Waals surface area (Å²) in [5, 5.41) is 0.165. The summed E-state index contributed by atoms with van der Waals surface area (Å²) in [5.74, 6) is -1.80. The summed E-state index contributed by atoms with van der Waals surface area (Å²) in [6.45, 7) is 1.70. The number of fused-ring (bicyclic) bond motifs is 1. The van der Waals surface area contributed by atoms with Crippen molar-refractivity contribution >= 4 is 40.7 Å². The molecule has 10 heteroatoms. The van der Waals surface area contributed by atoms with E-state index in [2.05, 4.69) is 0 Å². The van der Waals surface area contributed by atoms with E-state index in [0.29, 0.717) is 11.3 Å². The number of ether oxygens (including phenoxy) is 5. The van der Waals surface area contributed by atoms with Gasteiger partial charge in [0.15, 0.2) is 23.0 Å². The molecule has 1 atom stereocenters. The highest BCUT2D eigenvalue weighted by molar-refractivity contribution is 6.40. The van der Waals surface area contributed by atoms with Crippen molar-refractivity contribution in [3.8, 4) is 17.2 Å². The maximum Gasteiger partial charge on any atom is 0.338 e. The van der Waals surface area contributed by atoms with Gasteiger partial charge in [-0.2, -0.15) is 0 Å². The van der Waals surface area contributed by atoms with Crippen LogP contribution in [-0.2, 0) is 25.7 Å². The van der Waals surface area contributed by atoms with Gasteiger partial charge in [-0.15, -0.1) is 0 Å². The van der Waals surface area contributed by atoms with Crippen LogP contribution in [0.15, 0.2) is 47.7 Å². The first kappa shape index (κ1) is 24.6. The Morgan fingerprint density at radius 1 is 1.00 bits per heavy atom. The number of carbonyl (C=O) groups excluding carboxylic acids is 3. The van der Waals surface area contributed by atoms with Crippen LogP contribution in [0.2, 0.25) is 10.0 Å². The van der Waals surface area contributed by atoms with Gasteiger partial charge < -0.3 is 23.7 Å². The SMILES string of the molecule is COC(=O)C1=CC(=O)C=C(OC)C12Oc1c(Cl)c(C)c(Cl)c(OCc3ccc(OC)cc3)c1C2=O. The molecule has 2 aromatic carbocycles. The maximum absolute atomic E-state index is 14.0. The lowest BCUT2D eigenvalue weighted by atomic mass is 9.81.